The average Bonchev–Trinajstić information content (AvgIpc) is 3.27. The fourth-order valence-electron chi connectivity index (χ4n) is 3.60. The molecule has 0 saturated heterocycles. The first-order valence-electron chi connectivity index (χ1n) is 10.1. The van der Waals surface area contributed by atoms with Crippen LogP contribution in [0, 0.1) is 6.92 Å². The number of carbonyl (C=O) groups is 2. The predicted octanol–water partition coefficient (Wildman–Crippen LogP) is 4.61. The normalized spacial score (nSPS) is 10.8. The number of rotatable bonds is 7. The summed E-state index contributed by atoms with van der Waals surface area (Å²) in [6.07, 6.45) is 1.48. The molecule has 0 aliphatic heterocycles. The number of methoxy groups -OCH3 is 2. The van der Waals surface area contributed by atoms with Gasteiger partial charge < -0.3 is 19.9 Å². The molecule has 0 bridgehead atoms. The Balaban J connectivity index is 1.55. The lowest BCUT2D eigenvalue weighted by molar-refractivity contribution is 0.0902. The number of fused-ring (bicyclic) bond motifs is 1. The molecule has 4 aromatic rings. The number of hydrogen-bond acceptors (Lipinski definition) is 7. The summed E-state index contributed by atoms with van der Waals surface area (Å²) < 4.78 is 11.5. The van der Waals surface area contributed by atoms with Crippen molar-refractivity contribution in [2.75, 3.05) is 20.8 Å². The molecule has 2 N–H and O–H groups in total. The molecular weight excluding hydrogens is 440 g/mol. The first kappa shape index (κ1) is 22.3. The highest BCUT2D eigenvalue weighted by molar-refractivity contribution is 7.18. The van der Waals surface area contributed by atoms with Gasteiger partial charge in [-0.3, -0.25) is 14.6 Å². The minimum absolute atomic E-state index is 0.0969. The van der Waals surface area contributed by atoms with E-state index in [4.69, 9.17) is 9.47 Å². The van der Waals surface area contributed by atoms with Gasteiger partial charge >= 0.3 is 0 Å². The standard InChI is InChI=1S/C25H22N2O5S/c1-14-5-4-6-16-18(13-33-24(14)16)22-23(29)17(9-10-26-22)19(28)12-27-25(30)15-7-8-20(31-2)21(11-15)32-3/h4-11,13,29H,12H2,1-3H3,(H,27,30). The van der Waals surface area contributed by atoms with Gasteiger partial charge in [0.25, 0.3) is 5.91 Å². The molecule has 0 spiro atoms. The SMILES string of the molecule is COc1ccc(C(=O)NCC(=O)c2ccnc(-c3csc4c(C)cccc34)c2O)cc1OC. The highest BCUT2D eigenvalue weighted by Crippen LogP contribution is 2.39. The number of nitrogens with zero attached hydrogens (tertiary/aromatic N) is 1. The van der Waals surface area contributed by atoms with Crippen molar-refractivity contribution in [3.05, 3.63) is 70.7 Å². The third kappa shape index (κ3) is 4.25. The highest BCUT2D eigenvalue weighted by Gasteiger charge is 2.20. The molecule has 4 rings (SSSR count). The van der Waals surface area contributed by atoms with E-state index >= 15 is 0 Å². The van der Waals surface area contributed by atoms with Crippen molar-refractivity contribution < 1.29 is 24.2 Å². The Morgan fingerprint density at radius 3 is 2.64 bits per heavy atom. The molecular formula is C25H22N2O5S. The number of aryl methyl sites for hydroxylation is 1. The Labute approximate surface area is 194 Å². The van der Waals surface area contributed by atoms with Gasteiger partial charge in [-0.1, -0.05) is 18.2 Å². The molecule has 33 heavy (non-hydrogen) atoms. The zero-order valence-corrected chi connectivity index (χ0v) is 19.2. The molecule has 8 heteroatoms. The van der Waals surface area contributed by atoms with Crippen LogP contribution in [0.25, 0.3) is 21.3 Å². The summed E-state index contributed by atoms with van der Waals surface area (Å²) in [6, 6.07) is 12.1. The average molecular weight is 463 g/mol. The number of benzene rings is 2. The second kappa shape index (κ2) is 9.30. The number of aromatic nitrogens is 1. The number of amides is 1. The molecule has 0 unspecified atom stereocenters. The number of aromatic hydroxyl groups is 1. The summed E-state index contributed by atoms with van der Waals surface area (Å²) in [6.45, 7) is 1.74. The number of Topliss-reactive ketones (excluding diaryl/α,β-unsaturated/α-hetero) is 1. The summed E-state index contributed by atoms with van der Waals surface area (Å²) in [5, 5.41) is 16.3. The number of ketones is 1. The smallest absolute Gasteiger partial charge is 0.251 e. The molecule has 2 aromatic heterocycles. The summed E-state index contributed by atoms with van der Waals surface area (Å²) in [5.41, 5.74) is 2.65. The zero-order chi connectivity index (χ0) is 23.5. The maximum atomic E-state index is 12.8. The number of pyridine rings is 1. The van der Waals surface area contributed by atoms with Crippen molar-refractivity contribution in [1.29, 1.82) is 0 Å². The van der Waals surface area contributed by atoms with Crippen LogP contribution in [0.2, 0.25) is 0 Å². The minimum atomic E-state index is -0.447. The van der Waals surface area contributed by atoms with E-state index < -0.39 is 11.7 Å². The van der Waals surface area contributed by atoms with Gasteiger partial charge in [0.05, 0.1) is 26.3 Å². The first-order valence-corrected chi connectivity index (χ1v) is 11.0. The quantitative estimate of drug-likeness (QED) is 0.389. The number of carbonyl (C=O) groups excluding carboxylic acids is 2. The van der Waals surface area contributed by atoms with Crippen LogP contribution in [0.1, 0.15) is 26.3 Å². The lowest BCUT2D eigenvalue weighted by atomic mass is 10.0. The third-order valence-electron chi connectivity index (χ3n) is 5.33. The van der Waals surface area contributed by atoms with Crippen molar-refractivity contribution in [2.45, 2.75) is 6.92 Å². The van der Waals surface area contributed by atoms with E-state index in [1.54, 1.807) is 23.5 Å². The number of thiophene rings is 1. The highest BCUT2D eigenvalue weighted by atomic mass is 32.1. The summed E-state index contributed by atoms with van der Waals surface area (Å²) >= 11 is 1.56. The topological polar surface area (TPSA) is 97.8 Å². The lowest BCUT2D eigenvalue weighted by Crippen LogP contribution is -2.29. The fourth-order valence-corrected chi connectivity index (χ4v) is 4.63. The van der Waals surface area contributed by atoms with Crippen LogP contribution in [-0.2, 0) is 0 Å². The van der Waals surface area contributed by atoms with Gasteiger partial charge in [0.2, 0.25) is 0 Å². The molecule has 7 nitrogen and oxygen atoms in total. The Bertz CT molecular complexity index is 1360. The van der Waals surface area contributed by atoms with Crippen molar-refractivity contribution in [1.82, 2.24) is 10.3 Å². The number of ether oxygens (including phenoxy) is 2. The van der Waals surface area contributed by atoms with Gasteiger partial charge in [-0.2, -0.15) is 0 Å². The van der Waals surface area contributed by atoms with Gasteiger partial charge in [-0.05, 0) is 36.8 Å². The van der Waals surface area contributed by atoms with Gasteiger partial charge in [0, 0.05) is 32.8 Å². The molecule has 0 aliphatic rings. The van der Waals surface area contributed by atoms with Crippen molar-refractivity contribution in [2.24, 2.45) is 0 Å². The fraction of sp³-hybridized carbons (Fsp3) is 0.160. The molecule has 168 valence electrons. The van der Waals surface area contributed by atoms with E-state index in [1.807, 2.05) is 30.5 Å². The molecule has 1 amide bonds. The van der Waals surface area contributed by atoms with Crippen LogP contribution in [-0.4, -0.2) is 42.5 Å². The molecule has 2 heterocycles. The Morgan fingerprint density at radius 2 is 1.88 bits per heavy atom. The summed E-state index contributed by atoms with van der Waals surface area (Å²) in [4.78, 5) is 29.7. The molecule has 2 aromatic carbocycles. The monoisotopic (exact) mass is 462 g/mol. The van der Waals surface area contributed by atoms with E-state index in [0.29, 0.717) is 22.8 Å². The van der Waals surface area contributed by atoms with Gasteiger partial charge in [0.15, 0.2) is 23.0 Å². The van der Waals surface area contributed by atoms with E-state index in [1.165, 1.54) is 32.5 Å². The van der Waals surface area contributed by atoms with Crippen LogP contribution in [0.15, 0.2) is 54.0 Å². The van der Waals surface area contributed by atoms with Crippen LogP contribution < -0.4 is 14.8 Å². The van der Waals surface area contributed by atoms with E-state index in [0.717, 1.165) is 21.2 Å². The largest absolute Gasteiger partial charge is 0.505 e. The second-order valence-electron chi connectivity index (χ2n) is 7.33. The predicted molar refractivity (Wildman–Crippen MR) is 128 cm³/mol. The first-order chi connectivity index (χ1) is 15.9. The summed E-state index contributed by atoms with van der Waals surface area (Å²) in [7, 11) is 2.98. The molecule has 0 radical (unpaired) electrons. The summed E-state index contributed by atoms with van der Waals surface area (Å²) in [5.74, 6) is -0.177. The zero-order valence-electron chi connectivity index (χ0n) is 18.3. The molecule has 0 aliphatic carbocycles. The minimum Gasteiger partial charge on any atom is -0.505 e. The van der Waals surface area contributed by atoms with E-state index in [9.17, 15) is 14.7 Å². The lowest BCUT2D eigenvalue weighted by Gasteiger charge is -2.11. The number of hydrogen-bond donors (Lipinski definition) is 2. The Hall–Kier alpha value is -3.91. The van der Waals surface area contributed by atoms with Gasteiger partial charge in [0.1, 0.15) is 5.69 Å². The molecule has 0 saturated carbocycles. The van der Waals surface area contributed by atoms with Crippen molar-refractivity contribution in [3.63, 3.8) is 0 Å². The third-order valence-corrected chi connectivity index (χ3v) is 6.46. The Morgan fingerprint density at radius 1 is 1.09 bits per heavy atom. The molecule has 0 atom stereocenters. The van der Waals surface area contributed by atoms with Crippen LogP contribution >= 0.6 is 11.3 Å². The van der Waals surface area contributed by atoms with Gasteiger partial charge in [-0.25, -0.2) is 0 Å². The second-order valence-corrected chi connectivity index (χ2v) is 8.21. The van der Waals surface area contributed by atoms with Crippen LogP contribution in [0.4, 0.5) is 0 Å². The van der Waals surface area contributed by atoms with Crippen LogP contribution in [0.3, 0.4) is 0 Å². The number of nitrogens with one attached hydrogen (secondary N) is 1. The van der Waals surface area contributed by atoms with Gasteiger partial charge in [-0.15, -0.1) is 11.3 Å². The van der Waals surface area contributed by atoms with E-state index in [2.05, 4.69) is 10.3 Å². The van der Waals surface area contributed by atoms with Crippen molar-refractivity contribution in [3.8, 4) is 28.5 Å². The maximum absolute atomic E-state index is 12.8. The van der Waals surface area contributed by atoms with Crippen LogP contribution in [0.5, 0.6) is 17.2 Å². The maximum Gasteiger partial charge on any atom is 0.251 e. The van der Waals surface area contributed by atoms with E-state index in [-0.39, 0.29) is 17.9 Å². The Kier molecular flexibility index (Phi) is 6.28. The van der Waals surface area contributed by atoms with Crippen molar-refractivity contribution >= 4 is 33.1 Å². The molecule has 0 fully saturated rings.